The van der Waals surface area contributed by atoms with Crippen molar-refractivity contribution in [3.63, 3.8) is 0 Å². The quantitative estimate of drug-likeness (QED) is 0.892. The second-order valence-corrected chi connectivity index (χ2v) is 5.26. The molecule has 0 spiro atoms. The summed E-state index contributed by atoms with van der Waals surface area (Å²) in [7, 11) is 1.54. The highest BCUT2D eigenvalue weighted by Gasteiger charge is 2.08. The molecule has 2 amide bonds. The van der Waals surface area contributed by atoms with Gasteiger partial charge in [0.25, 0.3) is 5.91 Å². The van der Waals surface area contributed by atoms with E-state index in [0.717, 1.165) is 11.1 Å². The van der Waals surface area contributed by atoms with Crippen molar-refractivity contribution in [3.05, 3.63) is 59.2 Å². The zero-order valence-corrected chi connectivity index (χ0v) is 13.5. The number of rotatable bonds is 5. The lowest BCUT2D eigenvalue weighted by atomic mass is 10.1. The van der Waals surface area contributed by atoms with Crippen molar-refractivity contribution in [1.29, 1.82) is 0 Å². The monoisotopic (exact) mass is 312 g/mol. The molecule has 2 aromatic carbocycles. The Kier molecular flexibility index (Phi) is 5.36. The summed E-state index contributed by atoms with van der Waals surface area (Å²) in [6.07, 6.45) is 0. The number of anilines is 1. The van der Waals surface area contributed by atoms with Gasteiger partial charge in [0, 0.05) is 19.0 Å². The van der Waals surface area contributed by atoms with Gasteiger partial charge in [-0.2, -0.15) is 0 Å². The maximum Gasteiger partial charge on any atom is 0.251 e. The molecule has 0 bridgehead atoms. The third kappa shape index (κ3) is 4.57. The second kappa shape index (κ2) is 7.45. The molecule has 0 aliphatic heterocycles. The third-order valence-electron chi connectivity index (χ3n) is 3.34. The van der Waals surface area contributed by atoms with Gasteiger partial charge in [-0.05, 0) is 36.8 Å². The van der Waals surface area contributed by atoms with E-state index in [2.05, 4.69) is 10.6 Å². The normalized spacial score (nSPS) is 10.0. The first-order chi connectivity index (χ1) is 11.0. The van der Waals surface area contributed by atoms with Gasteiger partial charge in [0.15, 0.2) is 0 Å². The first kappa shape index (κ1) is 16.5. The molecule has 0 radical (unpaired) electrons. The summed E-state index contributed by atoms with van der Waals surface area (Å²) >= 11 is 0. The van der Waals surface area contributed by atoms with Crippen LogP contribution in [0.3, 0.4) is 0 Å². The average molecular weight is 312 g/mol. The van der Waals surface area contributed by atoms with E-state index in [1.54, 1.807) is 31.4 Å². The van der Waals surface area contributed by atoms with Crippen LogP contribution in [0.4, 0.5) is 5.69 Å². The standard InChI is InChI=1S/C18H20N2O3/c1-12-4-7-15(8-5-12)18(22)19-11-14-6-9-17(23-3)16(10-14)20-13(2)21/h4-10H,11H2,1-3H3,(H,19,22)(H,20,21). The van der Waals surface area contributed by atoms with Gasteiger partial charge in [-0.1, -0.05) is 23.8 Å². The maximum atomic E-state index is 12.1. The summed E-state index contributed by atoms with van der Waals surface area (Å²) < 4.78 is 5.21. The van der Waals surface area contributed by atoms with E-state index in [-0.39, 0.29) is 11.8 Å². The number of carbonyl (C=O) groups is 2. The molecule has 2 N–H and O–H groups in total. The molecule has 5 heteroatoms. The predicted octanol–water partition coefficient (Wildman–Crippen LogP) is 2.89. The van der Waals surface area contributed by atoms with Gasteiger partial charge < -0.3 is 15.4 Å². The molecule has 0 aliphatic rings. The number of methoxy groups -OCH3 is 1. The van der Waals surface area contributed by atoms with Crippen molar-refractivity contribution in [3.8, 4) is 5.75 Å². The Morgan fingerprint density at radius 1 is 1.09 bits per heavy atom. The molecule has 23 heavy (non-hydrogen) atoms. The fourth-order valence-electron chi connectivity index (χ4n) is 2.14. The molecular formula is C18H20N2O3. The fourth-order valence-corrected chi connectivity index (χ4v) is 2.14. The van der Waals surface area contributed by atoms with Crippen LogP contribution in [0, 0.1) is 6.92 Å². The average Bonchev–Trinajstić information content (AvgIpc) is 2.53. The Morgan fingerprint density at radius 2 is 1.78 bits per heavy atom. The molecule has 0 saturated heterocycles. The Balaban J connectivity index is 2.06. The molecule has 0 aliphatic carbocycles. The van der Waals surface area contributed by atoms with Gasteiger partial charge in [-0.25, -0.2) is 0 Å². The van der Waals surface area contributed by atoms with Crippen LogP contribution < -0.4 is 15.4 Å². The van der Waals surface area contributed by atoms with Gasteiger partial charge in [-0.3, -0.25) is 9.59 Å². The van der Waals surface area contributed by atoms with E-state index in [4.69, 9.17) is 4.74 Å². The Hall–Kier alpha value is -2.82. The highest BCUT2D eigenvalue weighted by atomic mass is 16.5. The Bertz CT molecular complexity index is 709. The summed E-state index contributed by atoms with van der Waals surface area (Å²) in [4.78, 5) is 23.3. The largest absolute Gasteiger partial charge is 0.495 e. The minimum atomic E-state index is -0.177. The number of carbonyl (C=O) groups excluding carboxylic acids is 2. The molecule has 0 unspecified atom stereocenters. The zero-order chi connectivity index (χ0) is 16.8. The number of aryl methyl sites for hydroxylation is 1. The van der Waals surface area contributed by atoms with Crippen LogP contribution in [0.25, 0.3) is 0 Å². The molecule has 0 saturated carbocycles. The molecular weight excluding hydrogens is 292 g/mol. The first-order valence-electron chi connectivity index (χ1n) is 7.29. The third-order valence-corrected chi connectivity index (χ3v) is 3.34. The molecule has 0 fully saturated rings. The number of hydrogen-bond acceptors (Lipinski definition) is 3. The lowest BCUT2D eigenvalue weighted by Crippen LogP contribution is -2.22. The van der Waals surface area contributed by atoms with Crippen LogP contribution in [-0.4, -0.2) is 18.9 Å². The Labute approximate surface area is 135 Å². The topological polar surface area (TPSA) is 67.4 Å². The fraction of sp³-hybridized carbons (Fsp3) is 0.222. The van der Waals surface area contributed by atoms with E-state index >= 15 is 0 Å². The first-order valence-corrected chi connectivity index (χ1v) is 7.29. The summed E-state index contributed by atoms with van der Waals surface area (Å²) in [5, 5.41) is 5.57. The van der Waals surface area contributed by atoms with Crippen molar-refractivity contribution in [2.24, 2.45) is 0 Å². The van der Waals surface area contributed by atoms with Gasteiger partial charge in [0.1, 0.15) is 5.75 Å². The molecule has 0 heterocycles. The predicted molar refractivity (Wildman–Crippen MR) is 89.6 cm³/mol. The zero-order valence-electron chi connectivity index (χ0n) is 13.5. The minimum Gasteiger partial charge on any atom is -0.495 e. The number of amides is 2. The van der Waals surface area contributed by atoms with Crippen LogP contribution >= 0.6 is 0 Å². The van der Waals surface area contributed by atoms with E-state index in [1.165, 1.54) is 6.92 Å². The van der Waals surface area contributed by atoms with E-state index in [1.807, 2.05) is 25.1 Å². The lowest BCUT2D eigenvalue weighted by molar-refractivity contribution is -0.114. The van der Waals surface area contributed by atoms with E-state index < -0.39 is 0 Å². The highest BCUT2D eigenvalue weighted by Crippen LogP contribution is 2.25. The number of ether oxygens (including phenoxy) is 1. The lowest BCUT2D eigenvalue weighted by Gasteiger charge is -2.12. The molecule has 2 rings (SSSR count). The van der Waals surface area contributed by atoms with Gasteiger partial charge in [0.05, 0.1) is 12.8 Å². The second-order valence-electron chi connectivity index (χ2n) is 5.26. The van der Waals surface area contributed by atoms with Crippen molar-refractivity contribution in [2.75, 3.05) is 12.4 Å². The number of hydrogen-bond donors (Lipinski definition) is 2. The molecule has 0 aromatic heterocycles. The van der Waals surface area contributed by atoms with E-state index in [0.29, 0.717) is 23.5 Å². The van der Waals surface area contributed by atoms with Crippen LogP contribution in [0.5, 0.6) is 5.75 Å². The van der Waals surface area contributed by atoms with Gasteiger partial charge >= 0.3 is 0 Å². The maximum absolute atomic E-state index is 12.1. The van der Waals surface area contributed by atoms with Crippen molar-refractivity contribution < 1.29 is 14.3 Å². The minimum absolute atomic E-state index is 0.137. The molecule has 120 valence electrons. The van der Waals surface area contributed by atoms with Crippen LogP contribution in [0.2, 0.25) is 0 Å². The number of nitrogens with one attached hydrogen (secondary N) is 2. The van der Waals surface area contributed by atoms with Crippen molar-refractivity contribution >= 4 is 17.5 Å². The Morgan fingerprint density at radius 3 is 2.39 bits per heavy atom. The SMILES string of the molecule is COc1ccc(CNC(=O)c2ccc(C)cc2)cc1NC(C)=O. The summed E-state index contributed by atoms with van der Waals surface area (Å²) in [5.74, 6) is 0.264. The molecule has 2 aromatic rings. The summed E-state index contributed by atoms with van der Waals surface area (Å²) in [6.45, 7) is 3.77. The number of benzene rings is 2. The highest BCUT2D eigenvalue weighted by molar-refractivity contribution is 5.94. The van der Waals surface area contributed by atoms with Crippen molar-refractivity contribution in [2.45, 2.75) is 20.4 Å². The van der Waals surface area contributed by atoms with Gasteiger partial charge in [-0.15, -0.1) is 0 Å². The summed E-state index contributed by atoms with van der Waals surface area (Å²) in [5.41, 5.74) is 3.18. The van der Waals surface area contributed by atoms with Crippen molar-refractivity contribution in [1.82, 2.24) is 5.32 Å². The van der Waals surface area contributed by atoms with Crippen LogP contribution in [0.15, 0.2) is 42.5 Å². The molecule has 0 atom stereocenters. The molecule has 5 nitrogen and oxygen atoms in total. The van der Waals surface area contributed by atoms with Crippen LogP contribution in [0.1, 0.15) is 28.4 Å². The summed E-state index contributed by atoms with van der Waals surface area (Å²) in [6, 6.07) is 12.8. The van der Waals surface area contributed by atoms with Gasteiger partial charge in [0.2, 0.25) is 5.91 Å². The van der Waals surface area contributed by atoms with Crippen LogP contribution in [-0.2, 0) is 11.3 Å². The smallest absolute Gasteiger partial charge is 0.251 e. The van der Waals surface area contributed by atoms with E-state index in [9.17, 15) is 9.59 Å².